The minimum atomic E-state index is -0.974. The first-order chi connectivity index (χ1) is 12.3. The van der Waals surface area contributed by atoms with Gasteiger partial charge in [-0.05, 0) is 65.1 Å². The molecule has 2 aromatic carbocycles. The van der Waals surface area contributed by atoms with E-state index in [0.29, 0.717) is 0 Å². The highest BCUT2D eigenvalue weighted by molar-refractivity contribution is 5.69. The molecule has 0 bridgehead atoms. The Morgan fingerprint density at radius 1 is 1.23 bits per heavy atom. The smallest absolute Gasteiger partial charge is 0.405 e. The lowest BCUT2D eigenvalue weighted by Gasteiger charge is -2.27. The van der Waals surface area contributed by atoms with Crippen LogP contribution in [0.15, 0.2) is 36.4 Å². The Kier molecular flexibility index (Phi) is 4.94. The normalized spacial score (nSPS) is 17.6. The summed E-state index contributed by atoms with van der Waals surface area (Å²) in [5, 5.41) is 11.8. The van der Waals surface area contributed by atoms with Gasteiger partial charge in [0.05, 0.1) is 12.6 Å². The minimum Gasteiger partial charge on any atom is -0.493 e. The molecule has 0 fully saturated rings. The topological polar surface area (TPSA) is 58.6 Å². The van der Waals surface area contributed by atoms with Gasteiger partial charge in [0.2, 0.25) is 0 Å². The van der Waals surface area contributed by atoms with Crippen LogP contribution in [-0.4, -0.2) is 17.8 Å². The van der Waals surface area contributed by atoms with Gasteiger partial charge in [0, 0.05) is 0 Å². The van der Waals surface area contributed by atoms with Crippen LogP contribution in [0.5, 0.6) is 5.75 Å². The quantitative estimate of drug-likeness (QED) is 0.762. The summed E-state index contributed by atoms with van der Waals surface area (Å²) in [4.78, 5) is 11.2. The molecule has 2 aromatic rings. The van der Waals surface area contributed by atoms with Crippen molar-refractivity contribution in [2.24, 2.45) is 5.41 Å². The number of carboxylic acid groups (broad SMARTS) is 1. The molecule has 3 rings (SSSR count). The van der Waals surface area contributed by atoms with E-state index in [0.717, 1.165) is 47.5 Å². The minimum absolute atomic E-state index is 0.132. The molecule has 0 radical (unpaired) electrons. The van der Waals surface area contributed by atoms with E-state index in [1.807, 2.05) is 6.07 Å². The van der Waals surface area contributed by atoms with Crippen LogP contribution in [0.4, 0.5) is 4.79 Å². The number of carbonyl (C=O) groups is 1. The molecule has 1 amide bonds. The summed E-state index contributed by atoms with van der Waals surface area (Å²) in [7, 11) is 0. The molecular weight excluding hydrogens is 326 g/mol. The van der Waals surface area contributed by atoms with E-state index in [9.17, 15) is 4.79 Å². The van der Waals surface area contributed by atoms with E-state index < -0.39 is 6.09 Å². The van der Waals surface area contributed by atoms with Crippen molar-refractivity contribution in [1.29, 1.82) is 0 Å². The molecule has 138 valence electrons. The van der Waals surface area contributed by atoms with Gasteiger partial charge in [0.1, 0.15) is 5.75 Å². The molecule has 0 unspecified atom stereocenters. The van der Waals surface area contributed by atoms with Crippen LogP contribution in [0, 0.1) is 12.3 Å². The summed E-state index contributed by atoms with van der Waals surface area (Å²) in [6, 6.07) is 12.5. The second kappa shape index (κ2) is 7.02. The monoisotopic (exact) mass is 353 g/mol. The van der Waals surface area contributed by atoms with Gasteiger partial charge in [-0.2, -0.15) is 0 Å². The molecule has 1 aliphatic rings. The van der Waals surface area contributed by atoms with Gasteiger partial charge in [-0.3, -0.25) is 0 Å². The maximum atomic E-state index is 11.2. The maximum Gasteiger partial charge on any atom is 0.405 e. The van der Waals surface area contributed by atoms with Crippen molar-refractivity contribution >= 4 is 6.09 Å². The van der Waals surface area contributed by atoms with E-state index >= 15 is 0 Å². The lowest BCUT2D eigenvalue weighted by atomic mass is 9.85. The largest absolute Gasteiger partial charge is 0.493 e. The van der Waals surface area contributed by atoms with Crippen LogP contribution in [-0.2, 0) is 6.42 Å². The van der Waals surface area contributed by atoms with E-state index in [-0.39, 0.29) is 11.5 Å². The fourth-order valence-corrected chi connectivity index (χ4v) is 3.83. The lowest BCUT2D eigenvalue weighted by Crippen LogP contribution is -2.34. The third kappa shape index (κ3) is 3.55. The molecule has 2 N–H and O–H groups in total. The number of rotatable bonds is 5. The number of nitrogens with one attached hydrogen (secondary N) is 1. The van der Waals surface area contributed by atoms with E-state index in [1.165, 1.54) is 5.56 Å². The SMILES string of the molecule is CCCOc1ccc(-c2ccc3c(c2)CC(C)(C)[C@H]3NC(=O)O)cc1C. The zero-order chi connectivity index (χ0) is 18.9. The van der Waals surface area contributed by atoms with Crippen LogP contribution in [0.1, 0.15) is 49.9 Å². The van der Waals surface area contributed by atoms with Gasteiger partial charge in [0.25, 0.3) is 0 Å². The number of aryl methyl sites for hydroxylation is 1. The van der Waals surface area contributed by atoms with Crippen molar-refractivity contribution < 1.29 is 14.6 Å². The highest BCUT2D eigenvalue weighted by Gasteiger charge is 2.39. The second-order valence-corrected chi connectivity index (χ2v) is 7.79. The summed E-state index contributed by atoms with van der Waals surface area (Å²) >= 11 is 0. The zero-order valence-corrected chi connectivity index (χ0v) is 15.9. The Labute approximate surface area is 155 Å². The van der Waals surface area contributed by atoms with Crippen LogP contribution >= 0.6 is 0 Å². The molecule has 1 aliphatic carbocycles. The van der Waals surface area contributed by atoms with Crippen LogP contribution in [0.25, 0.3) is 11.1 Å². The maximum absolute atomic E-state index is 11.2. The van der Waals surface area contributed by atoms with Gasteiger partial charge >= 0.3 is 6.09 Å². The first-order valence-corrected chi connectivity index (χ1v) is 9.18. The lowest BCUT2D eigenvalue weighted by molar-refractivity contribution is 0.175. The van der Waals surface area contributed by atoms with Crippen molar-refractivity contribution in [3.63, 3.8) is 0 Å². The predicted molar refractivity (Wildman–Crippen MR) is 104 cm³/mol. The summed E-state index contributed by atoms with van der Waals surface area (Å²) < 4.78 is 5.77. The van der Waals surface area contributed by atoms with Crippen molar-refractivity contribution in [3.05, 3.63) is 53.1 Å². The molecule has 0 aliphatic heterocycles. The number of hydrogen-bond donors (Lipinski definition) is 2. The number of benzene rings is 2. The van der Waals surface area contributed by atoms with Gasteiger partial charge in [-0.15, -0.1) is 0 Å². The summed E-state index contributed by atoms with van der Waals surface area (Å²) in [5.41, 5.74) is 5.60. The van der Waals surface area contributed by atoms with Crippen molar-refractivity contribution in [3.8, 4) is 16.9 Å². The van der Waals surface area contributed by atoms with Crippen molar-refractivity contribution in [2.45, 2.75) is 46.6 Å². The highest BCUT2D eigenvalue weighted by Crippen LogP contribution is 2.46. The average molecular weight is 353 g/mol. The average Bonchev–Trinajstić information content (AvgIpc) is 2.82. The zero-order valence-electron chi connectivity index (χ0n) is 15.9. The van der Waals surface area contributed by atoms with Gasteiger partial charge in [-0.25, -0.2) is 4.79 Å². The molecule has 0 heterocycles. The van der Waals surface area contributed by atoms with Crippen LogP contribution < -0.4 is 10.1 Å². The molecule has 1 atom stereocenters. The fourth-order valence-electron chi connectivity index (χ4n) is 3.83. The first kappa shape index (κ1) is 18.3. The predicted octanol–water partition coefficient (Wildman–Crippen LogP) is 5.34. The molecule has 0 saturated heterocycles. The van der Waals surface area contributed by atoms with Crippen molar-refractivity contribution in [2.75, 3.05) is 6.61 Å². The number of hydrogen-bond acceptors (Lipinski definition) is 2. The molecule has 26 heavy (non-hydrogen) atoms. The van der Waals surface area contributed by atoms with Crippen LogP contribution in [0.3, 0.4) is 0 Å². The Morgan fingerprint density at radius 2 is 1.92 bits per heavy atom. The molecule has 0 aromatic heterocycles. The second-order valence-electron chi connectivity index (χ2n) is 7.79. The van der Waals surface area contributed by atoms with Crippen molar-refractivity contribution in [1.82, 2.24) is 5.32 Å². The summed E-state index contributed by atoms with van der Waals surface area (Å²) in [5.74, 6) is 0.934. The fraction of sp³-hybridized carbons (Fsp3) is 0.409. The Morgan fingerprint density at radius 3 is 2.58 bits per heavy atom. The van der Waals surface area contributed by atoms with E-state index in [4.69, 9.17) is 9.84 Å². The van der Waals surface area contributed by atoms with Crippen LogP contribution in [0.2, 0.25) is 0 Å². The number of ether oxygens (including phenoxy) is 1. The van der Waals surface area contributed by atoms with E-state index in [2.05, 4.69) is 63.3 Å². The Hall–Kier alpha value is -2.49. The van der Waals surface area contributed by atoms with Gasteiger partial charge < -0.3 is 15.2 Å². The Balaban J connectivity index is 1.91. The Bertz CT molecular complexity index is 826. The summed E-state index contributed by atoms with van der Waals surface area (Å²) in [6.07, 6.45) is 0.879. The van der Waals surface area contributed by atoms with Gasteiger partial charge in [-0.1, -0.05) is 45.0 Å². The van der Waals surface area contributed by atoms with Gasteiger partial charge in [0.15, 0.2) is 0 Å². The highest BCUT2D eigenvalue weighted by atomic mass is 16.5. The summed E-state index contributed by atoms with van der Waals surface area (Å²) in [6.45, 7) is 9.11. The molecule has 4 heteroatoms. The number of fused-ring (bicyclic) bond motifs is 1. The number of amides is 1. The molecular formula is C22H27NO3. The third-order valence-corrected chi connectivity index (χ3v) is 5.12. The standard InChI is InChI=1S/C22H27NO3/c1-5-10-26-19-9-7-15(11-14(19)2)16-6-8-18-17(12-16)13-22(3,4)20(18)23-21(24)25/h6-9,11-12,20,23H,5,10,13H2,1-4H3,(H,24,25)/t20-/m0/s1. The molecule has 0 saturated carbocycles. The molecule has 4 nitrogen and oxygen atoms in total. The van der Waals surface area contributed by atoms with E-state index in [1.54, 1.807) is 0 Å². The molecule has 0 spiro atoms. The third-order valence-electron chi connectivity index (χ3n) is 5.12. The first-order valence-electron chi connectivity index (χ1n) is 9.18.